The molecule has 0 fully saturated rings. The van der Waals surface area contributed by atoms with Crippen LogP contribution in [0.1, 0.15) is 27.1 Å². The van der Waals surface area contributed by atoms with Gasteiger partial charge in [-0.2, -0.15) is 0 Å². The third-order valence-corrected chi connectivity index (χ3v) is 5.00. The zero-order valence-corrected chi connectivity index (χ0v) is 17.1. The smallest absolute Gasteiger partial charge is 0.259 e. The highest BCUT2D eigenvalue weighted by Crippen LogP contribution is 2.40. The number of rotatable bonds is 3. The number of fused-ring (bicyclic) bond motifs is 3. The number of carbonyl (C=O) groups excluding carboxylic acids is 2. The molecule has 3 aromatic rings. The zero-order valence-electron chi connectivity index (χ0n) is 17.1. The van der Waals surface area contributed by atoms with Crippen molar-refractivity contribution in [1.29, 1.82) is 0 Å². The Morgan fingerprint density at radius 1 is 1.12 bits per heavy atom. The summed E-state index contributed by atoms with van der Waals surface area (Å²) >= 11 is 0. The molecule has 9 heteroatoms. The highest BCUT2D eigenvalue weighted by atomic mass is 16.5. The van der Waals surface area contributed by atoms with E-state index in [1.807, 2.05) is 0 Å². The van der Waals surface area contributed by atoms with E-state index in [0.717, 1.165) is 6.42 Å². The summed E-state index contributed by atoms with van der Waals surface area (Å²) in [4.78, 5) is 29.8. The molecule has 9 nitrogen and oxygen atoms in total. The summed E-state index contributed by atoms with van der Waals surface area (Å²) in [6, 6.07) is 11.4. The van der Waals surface area contributed by atoms with Gasteiger partial charge in [0, 0.05) is 23.9 Å². The van der Waals surface area contributed by atoms with Gasteiger partial charge in [-0.05, 0) is 42.5 Å². The van der Waals surface area contributed by atoms with Crippen molar-refractivity contribution in [2.24, 2.45) is 0 Å². The van der Waals surface area contributed by atoms with E-state index in [0.29, 0.717) is 59.0 Å². The zero-order chi connectivity index (χ0) is 22.1. The maximum Gasteiger partial charge on any atom is 0.259 e. The number of anilines is 2. The molecule has 2 amide bonds. The Balaban J connectivity index is 1.42. The molecule has 3 heterocycles. The molecule has 2 aliphatic heterocycles. The predicted molar refractivity (Wildman–Crippen MR) is 115 cm³/mol. The minimum absolute atomic E-state index is 0.275. The van der Waals surface area contributed by atoms with Gasteiger partial charge in [0.2, 0.25) is 11.6 Å². The molecule has 0 bridgehead atoms. The number of nitrogens with zero attached hydrogens (tertiary/aromatic N) is 1. The molecule has 2 aromatic carbocycles. The Kier molecular flexibility index (Phi) is 4.98. The van der Waals surface area contributed by atoms with Gasteiger partial charge in [-0.25, -0.2) is 4.98 Å². The van der Waals surface area contributed by atoms with Gasteiger partial charge in [-0.15, -0.1) is 0 Å². The number of benzene rings is 2. The summed E-state index contributed by atoms with van der Waals surface area (Å²) in [5.74, 6) is 1.24. The van der Waals surface area contributed by atoms with Crippen molar-refractivity contribution in [3.8, 4) is 28.9 Å². The second-order valence-corrected chi connectivity index (χ2v) is 7.13. The van der Waals surface area contributed by atoms with Crippen molar-refractivity contribution in [1.82, 2.24) is 4.98 Å². The largest absolute Gasteiger partial charge is 0.493 e. The van der Waals surface area contributed by atoms with E-state index in [1.165, 1.54) is 7.11 Å². The van der Waals surface area contributed by atoms with E-state index in [9.17, 15) is 9.59 Å². The molecule has 0 radical (unpaired) electrons. The van der Waals surface area contributed by atoms with Crippen molar-refractivity contribution in [3.63, 3.8) is 0 Å². The van der Waals surface area contributed by atoms with E-state index in [2.05, 4.69) is 15.6 Å². The molecule has 2 aliphatic rings. The van der Waals surface area contributed by atoms with Gasteiger partial charge in [0.25, 0.3) is 11.8 Å². The molecule has 0 atom stereocenters. The first-order valence-electron chi connectivity index (χ1n) is 9.99. The predicted octanol–water partition coefficient (Wildman–Crippen LogP) is 3.86. The molecule has 32 heavy (non-hydrogen) atoms. The van der Waals surface area contributed by atoms with Gasteiger partial charge in [0.05, 0.1) is 25.9 Å². The van der Waals surface area contributed by atoms with Crippen LogP contribution in [0.25, 0.3) is 0 Å². The molecule has 0 unspecified atom stereocenters. The molecule has 0 spiro atoms. The van der Waals surface area contributed by atoms with Crippen molar-refractivity contribution >= 4 is 23.2 Å². The van der Waals surface area contributed by atoms with Crippen LogP contribution in [0.3, 0.4) is 0 Å². The van der Waals surface area contributed by atoms with Crippen LogP contribution in [0.5, 0.6) is 28.9 Å². The minimum atomic E-state index is -0.390. The second kappa shape index (κ2) is 8.10. The van der Waals surface area contributed by atoms with Gasteiger partial charge in [-0.1, -0.05) is 0 Å². The summed E-state index contributed by atoms with van der Waals surface area (Å²) in [5.41, 5.74) is 1.51. The summed E-state index contributed by atoms with van der Waals surface area (Å²) in [7, 11) is 1.50. The average molecular weight is 433 g/mol. The van der Waals surface area contributed by atoms with Crippen LogP contribution in [0.4, 0.5) is 11.4 Å². The molecular formula is C23H19N3O6. The Bertz CT molecular complexity index is 1230. The molecule has 162 valence electrons. The first-order valence-corrected chi connectivity index (χ1v) is 9.99. The van der Waals surface area contributed by atoms with Gasteiger partial charge in [0.15, 0.2) is 11.5 Å². The van der Waals surface area contributed by atoms with Crippen LogP contribution in [0, 0.1) is 0 Å². The molecule has 0 aliphatic carbocycles. The van der Waals surface area contributed by atoms with Crippen molar-refractivity contribution in [2.75, 3.05) is 31.0 Å². The van der Waals surface area contributed by atoms with Crippen LogP contribution in [0.15, 0.2) is 48.7 Å². The fraction of sp³-hybridized carbons (Fsp3) is 0.174. The fourth-order valence-electron chi connectivity index (χ4n) is 3.46. The average Bonchev–Trinajstić information content (AvgIpc) is 3.13. The lowest BCUT2D eigenvalue weighted by atomic mass is 10.1. The second-order valence-electron chi connectivity index (χ2n) is 7.13. The quantitative estimate of drug-likeness (QED) is 0.646. The number of pyridine rings is 1. The van der Waals surface area contributed by atoms with Crippen LogP contribution < -0.4 is 29.6 Å². The molecule has 0 saturated carbocycles. The molecule has 0 saturated heterocycles. The lowest BCUT2D eigenvalue weighted by molar-refractivity contribution is 0.101. The first kappa shape index (κ1) is 19.7. The number of aromatic nitrogens is 1. The fourth-order valence-corrected chi connectivity index (χ4v) is 3.46. The van der Waals surface area contributed by atoms with Crippen molar-refractivity contribution in [3.05, 3.63) is 59.8 Å². The lowest BCUT2D eigenvalue weighted by Gasteiger charge is -2.14. The van der Waals surface area contributed by atoms with Crippen LogP contribution in [0.2, 0.25) is 0 Å². The molecule has 1 aromatic heterocycles. The SMILES string of the molecule is COc1cc(C(=O)Nc2ccc3c(c2)C(=O)Nc2cccnc2O3)cc2c1OCCCO2. The number of carbonyl (C=O) groups is 2. The highest BCUT2D eigenvalue weighted by molar-refractivity contribution is 6.10. The topological polar surface area (TPSA) is 108 Å². The standard InChI is InChI=1S/C23H19N3O6/c1-29-18-10-13(11-19-20(18)31-9-3-8-30-19)21(27)25-14-5-6-17-15(12-14)22(28)26-16-4-2-7-24-23(16)32-17/h2,4-7,10-12H,3,8-9H2,1H3,(H,25,27)(H,26,28). The number of nitrogens with one attached hydrogen (secondary N) is 2. The monoisotopic (exact) mass is 433 g/mol. The van der Waals surface area contributed by atoms with Gasteiger partial charge in [-0.3, -0.25) is 9.59 Å². The maximum absolute atomic E-state index is 12.9. The third kappa shape index (κ3) is 3.64. The summed E-state index contributed by atoms with van der Waals surface area (Å²) in [6.07, 6.45) is 2.31. The van der Waals surface area contributed by atoms with E-state index >= 15 is 0 Å². The van der Waals surface area contributed by atoms with Crippen LogP contribution >= 0.6 is 0 Å². The molecule has 5 rings (SSSR count). The Morgan fingerprint density at radius 3 is 2.88 bits per heavy atom. The Labute approximate surface area is 183 Å². The van der Waals surface area contributed by atoms with Crippen LogP contribution in [-0.4, -0.2) is 37.1 Å². The lowest BCUT2D eigenvalue weighted by Crippen LogP contribution is -2.14. The number of hydrogen-bond acceptors (Lipinski definition) is 7. The minimum Gasteiger partial charge on any atom is -0.493 e. The third-order valence-electron chi connectivity index (χ3n) is 5.00. The molecular weight excluding hydrogens is 414 g/mol. The van der Waals surface area contributed by atoms with Gasteiger partial charge < -0.3 is 29.6 Å². The normalized spacial score (nSPS) is 14.0. The van der Waals surface area contributed by atoms with E-state index in [-0.39, 0.29) is 11.5 Å². The van der Waals surface area contributed by atoms with Crippen LogP contribution in [-0.2, 0) is 0 Å². The Hall–Kier alpha value is -4.27. The van der Waals surface area contributed by atoms with Gasteiger partial charge >= 0.3 is 0 Å². The Morgan fingerprint density at radius 2 is 2.00 bits per heavy atom. The number of ether oxygens (including phenoxy) is 4. The van der Waals surface area contributed by atoms with E-state index < -0.39 is 5.91 Å². The number of amides is 2. The maximum atomic E-state index is 12.9. The first-order chi connectivity index (χ1) is 15.6. The summed E-state index contributed by atoms with van der Waals surface area (Å²) in [5, 5.41) is 5.56. The van der Waals surface area contributed by atoms with Gasteiger partial charge in [0.1, 0.15) is 11.4 Å². The number of hydrogen-bond donors (Lipinski definition) is 2. The highest BCUT2D eigenvalue weighted by Gasteiger charge is 2.23. The summed E-state index contributed by atoms with van der Waals surface area (Å²) in [6.45, 7) is 0.992. The summed E-state index contributed by atoms with van der Waals surface area (Å²) < 4.78 is 22.5. The van der Waals surface area contributed by atoms with E-state index in [4.69, 9.17) is 18.9 Å². The molecule has 2 N–H and O–H groups in total. The van der Waals surface area contributed by atoms with Crippen molar-refractivity contribution < 1.29 is 28.5 Å². The van der Waals surface area contributed by atoms with E-state index in [1.54, 1.807) is 48.7 Å². The number of methoxy groups -OCH3 is 1. The van der Waals surface area contributed by atoms with Crippen molar-refractivity contribution in [2.45, 2.75) is 6.42 Å².